The number of hydrogen-bond donors (Lipinski definition) is 4. The minimum atomic E-state index is -1.05. The maximum Gasteiger partial charge on any atom is 0.203 e. The zero-order valence-corrected chi connectivity index (χ0v) is 8.92. The third-order valence-corrected chi connectivity index (χ3v) is 1.94. The van der Waals surface area contributed by atoms with Gasteiger partial charge in [0.25, 0.3) is 0 Å². The van der Waals surface area contributed by atoms with Crippen LogP contribution in [0.3, 0.4) is 0 Å². The summed E-state index contributed by atoms with van der Waals surface area (Å²) in [7, 11) is 1.84. The van der Waals surface area contributed by atoms with Crippen molar-refractivity contribution in [3.8, 4) is 0 Å². The average molecular weight is 214 g/mol. The number of ether oxygens (including phenoxy) is 1. The molecule has 0 saturated carbocycles. The highest BCUT2D eigenvalue weighted by Crippen LogP contribution is 2.13. The second-order valence-electron chi connectivity index (χ2n) is 3.02. The van der Waals surface area contributed by atoms with Gasteiger partial charge >= 0.3 is 0 Å². The van der Waals surface area contributed by atoms with Gasteiger partial charge in [-0.05, 0) is 32.5 Å². The lowest BCUT2D eigenvalue weighted by Crippen LogP contribution is -2.49. The number of nitrogens with one attached hydrogen (secondary N) is 3. The van der Waals surface area contributed by atoms with Crippen molar-refractivity contribution in [2.75, 3.05) is 20.1 Å². The van der Waals surface area contributed by atoms with E-state index < -0.39 is 5.72 Å². The fraction of sp³-hybridized carbons (Fsp3) is 0.667. The molecule has 4 N–H and O–H groups in total. The van der Waals surface area contributed by atoms with Crippen LogP contribution in [0, 0.1) is 5.41 Å². The second kappa shape index (κ2) is 8.14. The molecule has 6 heteroatoms. The van der Waals surface area contributed by atoms with Crippen LogP contribution in [-0.4, -0.2) is 43.3 Å². The summed E-state index contributed by atoms with van der Waals surface area (Å²) in [4.78, 5) is 3.78. The van der Waals surface area contributed by atoms with Crippen LogP contribution < -0.4 is 10.8 Å². The van der Waals surface area contributed by atoms with E-state index in [0.29, 0.717) is 6.42 Å². The summed E-state index contributed by atoms with van der Waals surface area (Å²) in [5.41, 5.74) is 0.995. The van der Waals surface area contributed by atoms with Crippen molar-refractivity contribution < 1.29 is 9.94 Å². The van der Waals surface area contributed by atoms with Gasteiger partial charge in [-0.2, -0.15) is 5.48 Å². The molecule has 1 unspecified atom stereocenters. The normalized spacial score (nSPS) is 13.7. The lowest BCUT2D eigenvalue weighted by atomic mass is 10.1. The first kappa shape index (κ1) is 13.8. The van der Waals surface area contributed by atoms with Gasteiger partial charge in [-0.25, -0.2) is 4.99 Å². The molecule has 0 amide bonds. The van der Waals surface area contributed by atoms with E-state index in [9.17, 15) is 0 Å². The third kappa shape index (κ3) is 5.29. The van der Waals surface area contributed by atoms with Gasteiger partial charge in [0.15, 0.2) is 6.40 Å². The van der Waals surface area contributed by atoms with Gasteiger partial charge in [0.05, 0.1) is 0 Å². The number of nitrogens with zero attached hydrogens (tertiary/aromatic N) is 1. The Kier molecular flexibility index (Phi) is 7.49. The quantitative estimate of drug-likeness (QED) is 0.144. The summed E-state index contributed by atoms with van der Waals surface area (Å²) in [6.45, 7) is 4.28. The van der Waals surface area contributed by atoms with Gasteiger partial charge < -0.3 is 15.3 Å². The van der Waals surface area contributed by atoms with Crippen LogP contribution in [0.25, 0.3) is 0 Å². The maximum atomic E-state index is 9.03. The van der Waals surface area contributed by atoms with Gasteiger partial charge in [-0.1, -0.05) is 0 Å². The highest BCUT2D eigenvalue weighted by molar-refractivity contribution is 5.47. The molecule has 0 aliphatic heterocycles. The van der Waals surface area contributed by atoms with Crippen molar-refractivity contribution in [2.45, 2.75) is 18.6 Å². The Bertz CT molecular complexity index is 228. The lowest BCUT2D eigenvalue weighted by molar-refractivity contribution is -0.0771. The molecule has 1 atom stereocenters. The molecule has 0 radical (unpaired) electrons. The molecule has 0 aromatic carbocycles. The highest BCUT2D eigenvalue weighted by atomic mass is 16.6. The summed E-state index contributed by atoms with van der Waals surface area (Å²) >= 11 is 0. The Morgan fingerprint density at radius 2 is 2.47 bits per heavy atom. The first-order valence-corrected chi connectivity index (χ1v) is 4.66. The fourth-order valence-corrected chi connectivity index (χ4v) is 1.14. The smallest absolute Gasteiger partial charge is 0.203 e. The lowest BCUT2D eigenvalue weighted by Gasteiger charge is -2.28. The van der Waals surface area contributed by atoms with E-state index in [1.54, 1.807) is 0 Å². The van der Waals surface area contributed by atoms with E-state index in [4.69, 9.17) is 15.4 Å². The van der Waals surface area contributed by atoms with Gasteiger partial charge in [0.2, 0.25) is 5.72 Å². The van der Waals surface area contributed by atoms with Crippen molar-refractivity contribution in [2.24, 2.45) is 4.99 Å². The SMILES string of the molecule is C=C=NCC(CCCNC)(NO)OC=N. The average Bonchev–Trinajstić information content (AvgIpc) is 2.26. The molecule has 0 aliphatic carbocycles. The fourth-order valence-electron chi connectivity index (χ4n) is 1.14. The molecule has 0 saturated heterocycles. The Balaban J connectivity index is 4.33. The van der Waals surface area contributed by atoms with Crippen LogP contribution in [0.2, 0.25) is 0 Å². The van der Waals surface area contributed by atoms with E-state index >= 15 is 0 Å². The topological polar surface area (TPSA) is 89.7 Å². The van der Waals surface area contributed by atoms with E-state index in [1.807, 2.05) is 12.5 Å². The summed E-state index contributed by atoms with van der Waals surface area (Å²) in [5.74, 6) is 2.36. The largest absolute Gasteiger partial charge is 0.459 e. The van der Waals surface area contributed by atoms with Crippen LogP contribution in [-0.2, 0) is 4.74 Å². The molecule has 0 rings (SSSR count). The minimum absolute atomic E-state index is 0.159. The van der Waals surface area contributed by atoms with Gasteiger partial charge in [0.1, 0.15) is 6.54 Å². The molecule has 0 aliphatic rings. The summed E-state index contributed by atoms with van der Waals surface area (Å²) < 4.78 is 5.02. The highest BCUT2D eigenvalue weighted by Gasteiger charge is 2.29. The molecule has 0 bridgehead atoms. The first-order valence-electron chi connectivity index (χ1n) is 4.66. The summed E-state index contributed by atoms with van der Waals surface area (Å²) in [5, 5.41) is 18.9. The zero-order valence-electron chi connectivity index (χ0n) is 8.92. The number of hydrogen-bond acceptors (Lipinski definition) is 6. The van der Waals surface area contributed by atoms with Crippen molar-refractivity contribution in [1.29, 1.82) is 5.41 Å². The van der Waals surface area contributed by atoms with Crippen LogP contribution in [0.5, 0.6) is 0 Å². The van der Waals surface area contributed by atoms with Crippen LogP contribution >= 0.6 is 0 Å². The van der Waals surface area contributed by atoms with E-state index in [-0.39, 0.29) is 6.54 Å². The molecule has 15 heavy (non-hydrogen) atoms. The molecular formula is C9H18N4O2. The van der Waals surface area contributed by atoms with Crippen LogP contribution in [0.15, 0.2) is 11.6 Å². The molecule has 0 aromatic heterocycles. The predicted octanol–water partition coefficient (Wildman–Crippen LogP) is 0.140. The van der Waals surface area contributed by atoms with Crippen LogP contribution in [0.1, 0.15) is 12.8 Å². The zero-order chi connectivity index (χ0) is 11.6. The van der Waals surface area contributed by atoms with Crippen molar-refractivity contribution in [3.63, 3.8) is 0 Å². The van der Waals surface area contributed by atoms with Gasteiger partial charge in [0, 0.05) is 6.42 Å². The predicted molar refractivity (Wildman–Crippen MR) is 58.6 cm³/mol. The summed E-state index contributed by atoms with van der Waals surface area (Å²) in [6.07, 6.45) is 2.08. The van der Waals surface area contributed by atoms with E-state index in [0.717, 1.165) is 19.4 Å². The Morgan fingerprint density at radius 1 is 1.73 bits per heavy atom. The molecule has 0 fully saturated rings. The van der Waals surface area contributed by atoms with Crippen molar-refractivity contribution in [3.05, 3.63) is 6.58 Å². The van der Waals surface area contributed by atoms with E-state index in [2.05, 4.69) is 22.8 Å². The first-order chi connectivity index (χ1) is 7.24. The Hall–Kier alpha value is -1.20. The molecule has 0 aromatic rings. The number of aliphatic imine (C=N–C) groups is 1. The van der Waals surface area contributed by atoms with Crippen molar-refractivity contribution in [1.82, 2.24) is 10.8 Å². The minimum Gasteiger partial charge on any atom is -0.459 e. The standard InChI is InChI=1S/C9H18N4O2/c1-3-12-7-9(13-14,15-8-10)5-4-6-11-2/h8,10-11,13-14H,1,4-7H2,2H3. The van der Waals surface area contributed by atoms with Crippen molar-refractivity contribution >= 4 is 12.3 Å². The van der Waals surface area contributed by atoms with Gasteiger partial charge in [-0.3, -0.25) is 5.41 Å². The molecule has 86 valence electrons. The summed E-state index contributed by atoms with van der Waals surface area (Å²) in [6, 6.07) is 0. The Morgan fingerprint density at radius 3 is 2.93 bits per heavy atom. The number of hydroxylamine groups is 1. The maximum absolute atomic E-state index is 9.03. The molecule has 0 heterocycles. The Labute approximate surface area is 89.5 Å². The second-order valence-corrected chi connectivity index (χ2v) is 3.02. The molecule has 0 spiro atoms. The molecular weight excluding hydrogens is 196 g/mol. The monoisotopic (exact) mass is 214 g/mol. The number of rotatable bonds is 9. The van der Waals surface area contributed by atoms with Gasteiger partial charge in [-0.15, -0.1) is 0 Å². The van der Waals surface area contributed by atoms with Crippen LogP contribution in [0.4, 0.5) is 0 Å². The molecule has 6 nitrogen and oxygen atoms in total. The van der Waals surface area contributed by atoms with E-state index in [1.165, 1.54) is 0 Å². The third-order valence-electron chi connectivity index (χ3n) is 1.94.